The number of carboxylic acids is 1. The zero-order valence-corrected chi connectivity index (χ0v) is 9.27. The van der Waals surface area contributed by atoms with E-state index < -0.39 is 5.97 Å². The van der Waals surface area contributed by atoms with E-state index in [0.717, 1.165) is 6.07 Å². The summed E-state index contributed by atoms with van der Waals surface area (Å²) < 4.78 is 0. The molecule has 0 atom stereocenters. The van der Waals surface area contributed by atoms with Gasteiger partial charge < -0.3 is 10.2 Å². The Balaban J connectivity index is 2.58. The van der Waals surface area contributed by atoms with Gasteiger partial charge in [0.25, 0.3) is 0 Å². The number of hydrogen-bond donors (Lipinski definition) is 2. The molecule has 2 N–H and O–H groups in total. The van der Waals surface area contributed by atoms with Crippen LogP contribution in [0.5, 0.6) is 5.88 Å². The standard InChI is InChI=1S/C11H7NO4S/c13-5-6-1-2-9(17-6)8-4-12-10(14)3-7(8)11(15)16/h1-5H,(H,12,14)(H,15,16). The van der Waals surface area contributed by atoms with Gasteiger partial charge in [0.15, 0.2) is 6.29 Å². The highest BCUT2D eigenvalue weighted by Crippen LogP contribution is 2.30. The van der Waals surface area contributed by atoms with Crippen LogP contribution >= 0.6 is 11.3 Å². The average Bonchev–Trinajstić information content (AvgIpc) is 2.77. The number of carboxylic acid groups (broad SMARTS) is 1. The minimum atomic E-state index is -1.15. The SMILES string of the molecule is O=Cc1ccc(-c2cnc(O)cc2C(=O)O)s1. The monoisotopic (exact) mass is 249 g/mol. The van der Waals surface area contributed by atoms with Gasteiger partial charge in [0, 0.05) is 22.7 Å². The molecule has 0 aliphatic carbocycles. The molecular weight excluding hydrogens is 242 g/mol. The number of aromatic hydroxyl groups is 1. The summed E-state index contributed by atoms with van der Waals surface area (Å²) in [5.74, 6) is -1.50. The Labute approximate surface area is 100.0 Å². The summed E-state index contributed by atoms with van der Waals surface area (Å²) in [6.07, 6.45) is 1.97. The number of nitrogens with zero attached hydrogens (tertiary/aromatic N) is 1. The number of carbonyl (C=O) groups is 2. The molecule has 17 heavy (non-hydrogen) atoms. The van der Waals surface area contributed by atoms with Crippen molar-refractivity contribution in [3.8, 4) is 16.3 Å². The normalized spacial score (nSPS) is 10.1. The van der Waals surface area contributed by atoms with E-state index in [1.807, 2.05) is 0 Å². The molecule has 0 saturated carbocycles. The predicted molar refractivity (Wildman–Crippen MR) is 61.6 cm³/mol. The highest BCUT2D eigenvalue weighted by atomic mass is 32.1. The molecule has 0 fully saturated rings. The number of aromatic nitrogens is 1. The number of aromatic carboxylic acids is 1. The predicted octanol–water partition coefficient (Wildman–Crippen LogP) is 2.03. The molecule has 0 radical (unpaired) electrons. The maximum absolute atomic E-state index is 11.0. The molecule has 2 aromatic rings. The van der Waals surface area contributed by atoms with E-state index >= 15 is 0 Å². The van der Waals surface area contributed by atoms with Crippen LogP contribution in [0.4, 0.5) is 0 Å². The first kappa shape index (κ1) is 11.3. The Hall–Kier alpha value is -2.21. The van der Waals surface area contributed by atoms with Gasteiger partial charge in [-0.05, 0) is 12.1 Å². The Morgan fingerprint density at radius 3 is 2.76 bits per heavy atom. The summed E-state index contributed by atoms with van der Waals surface area (Å²) >= 11 is 1.17. The van der Waals surface area contributed by atoms with Crippen LogP contribution in [0.3, 0.4) is 0 Å². The fourth-order valence-electron chi connectivity index (χ4n) is 1.38. The number of carbonyl (C=O) groups excluding carboxylic acids is 1. The molecule has 2 heterocycles. The van der Waals surface area contributed by atoms with Gasteiger partial charge in [0.05, 0.1) is 10.4 Å². The van der Waals surface area contributed by atoms with Gasteiger partial charge in [-0.15, -0.1) is 11.3 Å². The minimum absolute atomic E-state index is 0.0446. The molecule has 86 valence electrons. The summed E-state index contributed by atoms with van der Waals surface area (Å²) in [5.41, 5.74) is 0.338. The van der Waals surface area contributed by atoms with Crippen molar-refractivity contribution in [1.29, 1.82) is 0 Å². The van der Waals surface area contributed by atoms with E-state index in [2.05, 4.69) is 4.98 Å². The van der Waals surface area contributed by atoms with Crippen LogP contribution in [-0.2, 0) is 0 Å². The molecule has 2 rings (SSSR count). The second-order valence-corrected chi connectivity index (χ2v) is 4.33. The molecule has 0 aliphatic heterocycles. The third kappa shape index (κ3) is 2.16. The number of aldehydes is 1. The second kappa shape index (κ2) is 4.34. The van der Waals surface area contributed by atoms with Crippen molar-refractivity contribution in [3.05, 3.63) is 34.8 Å². The molecule has 0 amide bonds. The second-order valence-electron chi connectivity index (χ2n) is 3.21. The van der Waals surface area contributed by atoms with Gasteiger partial charge >= 0.3 is 5.97 Å². The third-order valence-electron chi connectivity index (χ3n) is 2.13. The zero-order chi connectivity index (χ0) is 12.4. The van der Waals surface area contributed by atoms with Crippen LogP contribution in [0.15, 0.2) is 24.4 Å². The van der Waals surface area contributed by atoms with Crippen molar-refractivity contribution in [2.45, 2.75) is 0 Å². The van der Waals surface area contributed by atoms with Crippen molar-refractivity contribution in [1.82, 2.24) is 4.98 Å². The van der Waals surface area contributed by atoms with Gasteiger partial charge in [0.1, 0.15) is 0 Å². The highest BCUT2D eigenvalue weighted by molar-refractivity contribution is 7.17. The van der Waals surface area contributed by atoms with Crippen molar-refractivity contribution in [2.75, 3.05) is 0 Å². The number of pyridine rings is 1. The fourth-order valence-corrected chi connectivity index (χ4v) is 2.23. The third-order valence-corrected chi connectivity index (χ3v) is 3.17. The molecule has 0 unspecified atom stereocenters. The molecule has 6 heteroatoms. The minimum Gasteiger partial charge on any atom is -0.493 e. The van der Waals surface area contributed by atoms with E-state index in [0.29, 0.717) is 21.6 Å². The van der Waals surface area contributed by atoms with Gasteiger partial charge in [-0.2, -0.15) is 0 Å². The van der Waals surface area contributed by atoms with Crippen molar-refractivity contribution < 1.29 is 19.8 Å². The quantitative estimate of drug-likeness (QED) is 0.812. The Bertz CT molecular complexity index is 591. The Morgan fingerprint density at radius 2 is 2.18 bits per heavy atom. The van der Waals surface area contributed by atoms with Crippen LogP contribution in [0.2, 0.25) is 0 Å². The largest absolute Gasteiger partial charge is 0.493 e. The van der Waals surface area contributed by atoms with Crippen LogP contribution in [0, 0.1) is 0 Å². The number of thiophene rings is 1. The number of rotatable bonds is 3. The summed E-state index contributed by atoms with van der Waals surface area (Å²) in [6, 6.07) is 4.33. The summed E-state index contributed by atoms with van der Waals surface area (Å²) in [5, 5.41) is 18.2. The van der Waals surface area contributed by atoms with Crippen LogP contribution in [-0.4, -0.2) is 27.5 Å². The van der Waals surface area contributed by atoms with E-state index in [9.17, 15) is 9.59 Å². The van der Waals surface area contributed by atoms with Gasteiger partial charge in [-0.1, -0.05) is 0 Å². The summed E-state index contributed by atoms with van der Waals surface area (Å²) in [6.45, 7) is 0. The fraction of sp³-hybridized carbons (Fsp3) is 0. The molecule has 0 saturated heterocycles. The zero-order valence-electron chi connectivity index (χ0n) is 8.45. The lowest BCUT2D eigenvalue weighted by molar-refractivity contribution is 0.0697. The first-order valence-corrected chi connectivity index (χ1v) is 5.41. The summed E-state index contributed by atoms with van der Waals surface area (Å²) in [7, 11) is 0. The average molecular weight is 249 g/mol. The lowest BCUT2D eigenvalue weighted by atomic mass is 10.1. The van der Waals surface area contributed by atoms with Gasteiger partial charge in [-0.3, -0.25) is 4.79 Å². The topological polar surface area (TPSA) is 87.5 Å². The van der Waals surface area contributed by atoms with E-state index in [4.69, 9.17) is 10.2 Å². The van der Waals surface area contributed by atoms with Crippen LogP contribution < -0.4 is 0 Å². The molecule has 0 bridgehead atoms. The Morgan fingerprint density at radius 1 is 1.41 bits per heavy atom. The molecular formula is C11H7NO4S. The van der Waals surface area contributed by atoms with Crippen LogP contribution in [0.1, 0.15) is 20.0 Å². The maximum Gasteiger partial charge on any atom is 0.336 e. The van der Waals surface area contributed by atoms with Crippen molar-refractivity contribution in [3.63, 3.8) is 0 Å². The lowest BCUT2D eigenvalue weighted by Gasteiger charge is -2.03. The smallest absolute Gasteiger partial charge is 0.336 e. The van der Waals surface area contributed by atoms with Crippen LogP contribution in [0.25, 0.3) is 10.4 Å². The highest BCUT2D eigenvalue weighted by Gasteiger charge is 2.15. The van der Waals surface area contributed by atoms with Gasteiger partial charge in [-0.25, -0.2) is 9.78 Å². The number of hydrogen-bond acceptors (Lipinski definition) is 5. The van der Waals surface area contributed by atoms with E-state index in [1.54, 1.807) is 12.1 Å². The summed E-state index contributed by atoms with van der Waals surface area (Å²) in [4.78, 5) is 26.4. The van der Waals surface area contributed by atoms with Crippen molar-refractivity contribution in [2.24, 2.45) is 0 Å². The first-order chi connectivity index (χ1) is 8.11. The maximum atomic E-state index is 11.0. The van der Waals surface area contributed by atoms with Crippen molar-refractivity contribution >= 4 is 23.6 Å². The molecule has 0 aliphatic rings. The molecule has 0 spiro atoms. The molecule has 0 aromatic carbocycles. The molecule has 5 nitrogen and oxygen atoms in total. The molecule has 2 aromatic heterocycles. The van der Waals surface area contributed by atoms with E-state index in [1.165, 1.54) is 17.5 Å². The lowest BCUT2D eigenvalue weighted by Crippen LogP contribution is -1.99. The first-order valence-electron chi connectivity index (χ1n) is 4.59. The van der Waals surface area contributed by atoms with E-state index in [-0.39, 0.29) is 11.4 Å². The Kier molecular flexibility index (Phi) is 2.88. The van der Waals surface area contributed by atoms with Gasteiger partial charge in [0.2, 0.25) is 5.88 Å².